The molecule has 0 aromatic heterocycles. The van der Waals surface area contributed by atoms with E-state index in [1.807, 2.05) is 0 Å². The maximum absolute atomic E-state index is 10.4. The first-order valence-electron chi connectivity index (χ1n) is 5.34. The molecule has 4 unspecified atom stereocenters. The fourth-order valence-corrected chi connectivity index (χ4v) is 1.51. The molecule has 10 nitrogen and oxygen atoms in total. The SMILES string of the molecule is COP(=O)([O-])OCC(C)O.COP(=O)([O-])OCC(C)O.[Ba+2]. The van der Waals surface area contributed by atoms with Gasteiger partial charge < -0.3 is 38.1 Å². The number of aliphatic hydroxyl groups is 2. The molecule has 124 valence electrons. The quantitative estimate of drug-likeness (QED) is 0.316. The van der Waals surface area contributed by atoms with E-state index in [9.17, 15) is 18.9 Å². The first-order valence-corrected chi connectivity index (χ1v) is 8.26. The predicted octanol–water partition coefficient (Wildman–Crippen LogP) is -1.38. The minimum atomic E-state index is -4.14. The minimum Gasteiger partial charge on any atom is -0.756 e. The van der Waals surface area contributed by atoms with Gasteiger partial charge in [-0.2, -0.15) is 0 Å². The third-order valence-electron chi connectivity index (χ3n) is 1.39. The summed E-state index contributed by atoms with van der Waals surface area (Å²) >= 11 is 0. The molecule has 13 heteroatoms. The monoisotopic (exact) mass is 476 g/mol. The van der Waals surface area contributed by atoms with Gasteiger partial charge in [0.1, 0.15) is 0 Å². The van der Waals surface area contributed by atoms with E-state index >= 15 is 0 Å². The number of phosphoric ester groups is 2. The average molecular weight is 476 g/mol. The van der Waals surface area contributed by atoms with Crippen molar-refractivity contribution in [2.45, 2.75) is 26.1 Å². The third kappa shape index (κ3) is 21.7. The van der Waals surface area contributed by atoms with Crippen molar-refractivity contribution in [3.63, 3.8) is 0 Å². The Morgan fingerprint density at radius 2 is 1.14 bits per heavy atom. The van der Waals surface area contributed by atoms with Gasteiger partial charge in [-0.3, -0.25) is 9.13 Å². The van der Waals surface area contributed by atoms with Crippen LogP contribution in [0.4, 0.5) is 0 Å². The van der Waals surface area contributed by atoms with Crippen LogP contribution in [0.15, 0.2) is 0 Å². The molecular weight excluding hydrogens is 455 g/mol. The van der Waals surface area contributed by atoms with E-state index < -0.39 is 27.9 Å². The molecule has 0 rings (SSSR count). The molecule has 0 radical (unpaired) electrons. The average Bonchev–Trinajstić information content (AvgIpc) is 2.35. The van der Waals surface area contributed by atoms with Crippen molar-refractivity contribution in [3.8, 4) is 0 Å². The Hall–Kier alpha value is 1.71. The summed E-state index contributed by atoms with van der Waals surface area (Å²) in [5.41, 5.74) is 0. The molecule has 0 aliphatic carbocycles. The van der Waals surface area contributed by atoms with Gasteiger partial charge in [-0.25, -0.2) is 0 Å². The van der Waals surface area contributed by atoms with Crippen LogP contribution in [0.5, 0.6) is 0 Å². The molecule has 0 aliphatic heterocycles. The summed E-state index contributed by atoms with van der Waals surface area (Å²) in [6, 6.07) is 0. The Morgan fingerprint density at radius 3 is 1.29 bits per heavy atom. The van der Waals surface area contributed by atoms with E-state index in [1.54, 1.807) is 0 Å². The maximum Gasteiger partial charge on any atom is 2.00 e. The maximum atomic E-state index is 10.4. The Bertz CT molecular complexity index is 305. The topological polar surface area (TPSA) is 158 Å². The molecule has 0 spiro atoms. The number of phosphoric acid groups is 2. The van der Waals surface area contributed by atoms with E-state index in [0.717, 1.165) is 14.2 Å². The Morgan fingerprint density at radius 1 is 0.905 bits per heavy atom. The first-order chi connectivity index (χ1) is 8.95. The van der Waals surface area contributed by atoms with Gasteiger partial charge >= 0.3 is 48.9 Å². The molecule has 0 aliphatic rings. The molecule has 0 fully saturated rings. The van der Waals surface area contributed by atoms with Gasteiger partial charge in [-0.15, -0.1) is 0 Å². The summed E-state index contributed by atoms with van der Waals surface area (Å²) in [5.74, 6) is 0. The molecule has 21 heavy (non-hydrogen) atoms. The van der Waals surface area contributed by atoms with Crippen LogP contribution in [0, 0.1) is 0 Å². The van der Waals surface area contributed by atoms with Crippen LogP contribution in [0.25, 0.3) is 0 Å². The van der Waals surface area contributed by atoms with Gasteiger partial charge in [-0.1, -0.05) is 0 Å². The van der Waals surface area contributed by atoms with Crippen molar-refractivity contribution in [2.24, 2.45) is 0 Å². The fourth-order valence-electron chi connectivity index (χ4n) is 0.504. The van der Waals surface area contributed by atoms with Crippen LogP contribution in [0.3, 0.4) is 0 Å². The summed E-state index contributed by atoms with van der Waals surface area (Å²) in [7, 11) is -6.28. The van der Waals surface area contributed by atoms with Crippen LogP contribution in [-0.2, 0) is 27.2 Å². The van der Waals surface area contributed by atoms with E-state index in [2.05, 4.69) is 18.1 Å². The third-order valence-corrected chi connectivity index (χ3v) is 3.22. The normalized spacial score (nSPS) is 19.0. The Kier molecular flexibility index (Phi) is 18.5. The standard InChI is InChI=1S/2C4H11O5P.Ba/c2*1-4(5)3-9-10(6,7)8-2;/h2*4-5H,3H2,1-2H3,(H,6,7);/q;;+2/p-2. The predicted molar refractivity (Wildman–Crippen MR) is 70.3 cm³/mol. The smallest absolute Gasteiger partial charge is 0.756 e. The molecular formula is C8H20BaO10P2. The molecule has 0 saturated carbocycles. The van der Waals surface area contributed by atoms with Crippen LogP contribution in [0.1, 0.15) is 13.8 Å². The van der Waals surface area contributed by atoms with Gasteiger partial charge in [0.05, 0.1) is 25.4 Å². The molecule has 0 heterocycles. The van der Waals surface area contributed by atoms with Gasteiger partial charge in [-0.05, 0) is 13.8 Å². The van der Waals surface area contributed by atoms with Crippen LogP contribution >= 0.6 is 15.6 Å². The summed E-state index contributed by atoms with van der Waals surface area (Å²) in [6.07, 6.45) is -1.62. The van der Waals surface area contributed by atoms with Crippen molar-refractivity contribution in [1.29, 1.82) is 0 Å². The van der Waals surface area contributed by atoms with Gasteiger partial charge in [0.15, 0.2) is 0 Å². The molecule has 0 bridgehead atoms. The van der Waals surface area contributed by atoms with E-state index in [-0.39, 0.29) is 62.1 Å². The fraction of sp³-hybridized carbons (Fsp3) is 1.00. The molecule has 2 N–H and O–H groups in total. The van der Waals surface area contributed by atoms with E-state index in [1.165, 1.54) is 13.8 Å². The zero-order chi connectivity index (χ0) is 16.4. The van der Waals surface area contributed by atoms with E-state index in [4.69, 9.17) is 10.2 Å². The van der Waals surface area contributed by atoms with Crippen molar-refractivity contribution < 1.29 is 47.2 Å². The van der Waals surface area contributed by atoms with Gasteiger partial charge in [0.2, 0.25) is 0 Å². The van der Waals surface area contributed by atoms with Crippen molar-refractivity contribution in [2.75, 3.05) is 27.4 Å². The molecule has 0 aromatic carbocycles. The summed E-state index contributed by atoms with van der Waals surface area (Å²) < 4.78 is 37.0. The molecule has 4 atom stereocenters. The number of hydrogen-bond donors (Lipinski definition) is 2. The summed E-state index contributed by atoms with van der Waals surface area (Å²) in [4.78, 5) is 20.8. The Balaban J connectivity index is -0.000000295. The van der Waals surface area contributed by atoms with Crippen molar-refractivity contribution in [3.05, 3.63) is 0 Å². The Labute approximate surface area is 164 Å². The van der Waals surface area contributed by atoms with Crippen molar-refractivity contribution >= 4 is 64.5 Å². The largest absolute Gasteiger partial charge is 2.00 e. The minimum absolute atomic E-state index is 0. The number of rotatable bonds is 8. The van der Waals surface area contributed by atoms with Gasteiger partial charge in [0, 0.05) is 14.2 Å². The zero-order valence-corrected chi connectivity index (χ0v) is 18.6. The first kappa shape index (κ1) is 27.6. The second-order valence-corrected chi connectivity index (χ2v) is 6.58. The van der Waals surface area contributed by atoms with E-state index in [0.29, 0.717) is 0 Å². The molecule has 0 saturated heterocycles. The second-order valence-electron chi connectivity index (χ2n) is 3.55. The second kappa shape index (κ2) is 14.1. The molecule has 0 amide bonds. The number of hydrogen-bond acceptors (Lipinski definition) is 10. The van der Waals surface area contributed by atoms with Crippen LogP contribution in [-0.4, -0.2) is 98.7 Å². The summed E-state index contributed by atoms with van der Waals surface area (Å²) in [6.45, 7) is 2.29. The van der Waals surface area contributed by atoms with Crippen LogP contribution < -0.4 is 9.79 Å². The zero-order valence-electron chi connectivity index (χ0n) is 12.3. The molecule has 0 aromatic rings. The number of aliphatic hydroxyl groups excluding tert-OH is 2. The van der Waals surface area contributed by atoms with Crippen LogP contribution in [0.2, 0.25) is 0 Å². The van der Waals surface area contributed by atoms with Crippen molar-refractivity contribution in [1.82, 2.24) is 0 Å². The summed E-state index contributed by atoms with van der Waals surface area (Å²) in [5, 5.41) is 17.1. The van der Waals surface area contributed by atoms with Gasteiger partial charge in [0.25, 0.3) is 15.6 Å².